The molecule has 0 saturated carbocycles. The zero-order valence-corrected chi connectivity index (χ0v) is 15.2. The first-order valence-corrected chi connectivity index (χ1v) is 8.23. The molecule has 1 atom stereocenters. The van der Waals surface area contributed by atoms with Gasteiger partial charge in [-0.2, -0.15) is 0 Å². The highest BCUT2D eigenvalue weighted by Crippen LogP contribution is 2.25. The predicted octanol–water partition coefficient (Wildman–Crippen LogP) is 3.86. The van der Waals surface area contributed by atoms with Gasteiger partial charge in [0.15, 0.2) is 6.10 Å². The average Bonchev–Trinajstić information content (AvgIpc) is 2.59. The van der Waals surface area contributed by atoms with Gasteiger partial charge in [-0.15, -0.1) is 0 Å². The van der Waals surface area contributed by atoms with Crippen molar-refractivity contribution in [2.45, 2.75) is 19.6 Å². The summed E-state index contributed by atoms with van der Waals surface area (Å²) in [6.45, 7) is 1.78. The highest BCUT2D eigenvalue weighted by molar-refractivity contribution is 6.39. The van der Waals surface area contributed by atoms with Crippen molar-refractivity contribution in [3.05, 3.63) is 63.6 Å². The third-order valence-electron chi connectivity index (χ3n) is 3.45. The van der Waals surface area contributed by atoms with Gasteiger partial charge in [0.25, 0.3) is 5.91 Å². The monoisotopic (exact) mass is 381 g/mol. The van der Waals surface area contributed by atoms with E-state index in [0.29, 0.717) is 6.54 Å². The van der Waals surface area contributed by atoms with Gasteiger partial charge in [0.1, 0.15) is 5.75 Å². The van der Waals surface area contributed by atoms with Gasteiger partial charge >= 0.3 is 5.97 Å². The summed E-state index contributed by atoms with van der Waals surface area (Å²) in [7, 11) is 1.58. The first kappa shape index (κ1) is 19.1. The molecule has 0 radical (unpaired) electrons. The molecule has 5 nitrogen and oxygen atoms in total. The molecule has 1 N–H and O–H groups in total. The molecule has 0 heterocycles. The van der Waals surface area contributed by atoms with E-state index in [2.05, 4.69) is 5.32 Å². The number of carbonyl (C=O) groups is 2. The molecular weight excluding hydrogens is 365 g/mol. The van der Waals surface area contributed by atoms with Crippen LogP contribution in [0.1, 0.15) is 22.8 Å². The summed E-state index contributed by atoms with van der Waals surface area (Å²) in [5.41, 5.74) is 0.933. The summed E-state index contributed by atoms with van der Waals surface area (Å²) in [4.78, 5) is 24.3. The standard InChI is InChI=1S/C18H17Cl2NO4/c1-11(25-18(23)16-14(19)4-3-5-15(16)20)17(22)21-10-12-6-8-13(24-2)9-7-12/h3-9,11H,10H2,1-2H3,(H,21,22)/t11-/m0/s1. The lowest BCUT2D eigenvalue weighted by Crippen LogP contribution is -2.35. The molecule has 25 heavy (non-hydrogen) atoms. The number of carbonyl (C=O) groups excluding carboxylic acids is 2. The lowest BCUT2D eigenvalue weighted by Gasteiger charge is -2.14. The summed E-state index contributed by atoms with van der Waals surface area (Å²) < 4.78 is 10.2. The Morgan fingerprint density at radius 1 is 1.08 bits per heavy atom. The molecule has 1 amide bonds. The van der Waals surface area contributed by atoms with Crippen LogP contribution in [0.3, 0.4) is 0 Å². The van der Waals surface area contributed by atoms with E-state index in [9.17, 15) is 9.59 Å². The highest BCUT2D eigenvalue weighted by atomic mass is 35.5. The molecule has 0 saturated heterocycles. The number of amides is 1. The molecule has 2 rings (SSSR count). The first-order chi connectivity index (χ1) is 11.9. The van der Waals surface area contributed by atoms with Crippen molar-refractivity contribution in [2.75, 3.05) is 7.11 Å². The SMILES string of the molecule is COc1ccc(CNC(=O)[C@H](C)OC(=O)c2c(Cl)cccc2Cl)cc1. The van der Waals surface area contributed by atoms with Crippen LogP contribution in [0.4, 0.5) is 0 Å². The van der Waals surface area contributed by atoms with Crippen molar-refractivity contribution in [1.29, 1.82) is 0 Å². The van der Waals surface area contributed by atoms with E-state index in [1.165, 1.54) is 19.1 Å². The zero-order valence-electron chi connectivity index (χ0n) is 13.7. The van der Waals surface area contributed by atoms with Crippen LogP contribution in [0.5, 0.6) is 5.75 Å². The fraction of sp³-hybridized carbons (Fsp3) is 0.222. The fourth-order valence-electron chi connectivity index (χ4n) is 2.04. The second-order valence-corrected chi connectivity index (χ2v) is 6.02. The Morgan fingerprint density at radius 3 is 2.24 bits per heavy atom. The van der Waals surface area contributed by atoms with Crippen LogP contribution in [0.15, 0.2) is 42.5 Å². The van der Waals surface area contributed by atoms with Crippen LogP contribution < -0.4 is 10.1 Å². The lowest BCUT2D eigenvalue weighted by atomic mass is 10.2. The molecule has 0 aliphatic heterocycles. The second kappa shape index (κ2) is 8.74. The van der Waals surface area contributed by atoms with E-state index in [1.807, 2.05) is 12.1 Å². The summed E-state index contributed by atoms with van der Waals surface area (Å²) in [6.07, 6.45) is -0.988. The topological polar surface area (TPSA) is 64.6 Å². The number of methoxy groups -OCH3 is 1. The van der Waals surface area contributed by atoms with Crippen molar-refractivity contribution in [2.24, 2.45) is 0 Å². The van der Waals surface area contributed by atoms with Crippen LogP contribution in [-0.2, 0) is 16.1 Å². The third-order valence-corrected chi connectivity index (χ3v) is 4.08. The van der Waals surface area contributed by atoms with Crippen LogP contribution in [-0.4, -0.2) is 25.1 Å². The smallest absolute Gasteiger partial charge is 0.341 e. The molecule has 0 unspecified atom stereocenters. The van der Waals surface area contributed by atoms with Crippen LogP contribution in [0, 0.1) is 0 Å². The van der Waals surface area contributed by atoms with E-state index in [-0.39, 0.29) is 15.6 Å². The summed E-state index contributed by atoms with van der Waals surface area (Å²) in [5.74, 6) is -0.441. The minimum absolute atomic E-state index is 0.0423. The fourth-order valence-corrected chi connectivity index (χ4v) is 2.59. The minimum Gasteiger partial charge on any atom is -0.497 e. The number of halogens is 2. The molecule has 0 aromatic heterocycles. The van der Waals surface area contributed by atoms with Gasteiger partial charge in [0.05, 0.1) is 22.7 Å². The number of hydrogen-bond donors (Lipinski definition) is 1. The number of rotatable bonds is 6. The van der Waals surface area contributed by atoms with Gasteiger partial charge in [-0.05, 0) is 36.8 Å². The van der Waals surface area contributed by atoms with E-state index < -0.39 is 18.0 Å². The maximum absolute atomic E-state index is 12.2. The minimum atomic E-state index is -0.988. The molecule has 2 aromatic rings. The molecule has 0 fully saturated rings. The quantitative estimate of drug-likeness (QED) is 0.771. The maximum atomic E-state index is 12.2. The Kier molecular flexibility index (Phi) is 6.67. The molecule has 2 aromatic carbocycles. The van der Waals surface area contributed by atoms with Gasteiger partial charge in [-0.3, -0.25) is 4.79 Å². The van der Waals surface area contributed by atoms with E-state index in [0.717, 1.165) is 11.3 Å². The normalized spacial score (nSPS) is 11.5. The van der Waals surface area contributed by atoms with Crippen molar-refractivity contribution >= 4 is 35.1 Å². The number of hydrogen-bond acceptors (Lipinski definition) is 4. The maximum Gasteiger partial charge on any atom is 0.341 e. The third kappa shape index (κ3) is 5.11. The molecular formula is C18H17Cl2NO4. The molecule has 7 heteroatoms. The largest absolute Gasteiger partial charge is 0.497 e. The van der Waals surface area contributed by atoms with E-state index >= 15 is 0 Å². The summed E-state index contributed by atoms with van der Waals surface area (Å²) in [6, 6.07) is 11.9. The zero-order chi connectivity index (χ0) is 18.4. The van der Waals surface area contributed by atoms with Gasteiger partial charge in [-0.25, -0.2) is 4.79 Å². The summed E-state index contributed by atoms with van der Waals surface area (Å²) >= 11 is 11.9. The predicted molar refractivity (Wildman–Crippen MR) is 96.2 cm³/mol. The molecule has 0 bridgehead atoms. The van der Waals surface area contributed by atoms with Crippen molar-refractivity contribution in [3.63, 3.8) is 0 Å². The molecule has 0 aliphatic carbocycles. The Labute approximate surface area is 155 Å². The van der Waals surface area contributed by atoms with Gasteiger partial charge < -0.3 is 14.8 Å². The number of nitrogens with one attached hydrogen (secondary N) is 1. The molecule has 0 aliphatic rings. The number of benzene rings is 2. The molecule has 132 valence electrons. The van der Waals surface area contributed by atoms with Gasteiger partial charge in [0.2, 0.25) is 0 Å². The van der Waals surface area contributed by atoms with Crippen molar-refractivity contribution < 1.29 is 19.1 Å². The summed E-state index contributed by atoms with van der Waals surface area (Å²) in [5, 5.41) is 3.04. The highest BCUT2D eigenvalue weighted by Gasteiger charge is 2.22. The van der Waals surface area contributed by atoms with Crippen LogP contribution in [0.25, 0.3) is 0 Å². The van der Waals surface area contributed by atoms with E-state index in [4.69, 9.17) is 32.7 Å². The van der Waals surface area contributed by atoms with Crippen molar-refractivity contribution in [1.82, 2.24) is 5.32 Å². The lowest BCUT2D eigenvalue weighted by molar-refractivity contribution is -0.129. The average molecular weight is 382 g/mol. The van der Waals surface area contributed by atoms with Gasteiger partial charge in [0, 0.05) is 6.54 Å². The van der Waals surface area contributed by atoms with Crippen LogP contribution >= 0.6 is 23.2 Å². The Morgan fingerprint density at radius 2 is 1.68 bits per heavy atom. The van der Waals surface area contributed by atoms with E-state index in [1.54, 1.807) is 25.3 Å². The Bertz CT molecular complexity index is 742. The van der Waals surface area contributed by atoms with Crippen molar-refractivity contribution in [3.8, 4) is 5.75 Å². The second-order valence-electron chi connectivity index (χ2n) is 5.21. The first-order valence-electron chi connectivity index (χ1n) is 7.48. The Hall–Kier alpha value is -2.24. The molecule has 0 spiro atoms. The number of esters is 1. The number of ether oxygens (including phenoxy) is 2. The Balaban J connectivity index is 1.92. The van der Waals surface area contributed by atoms with Gasteiger partial charge in [-0.1, -0.05) is 41.4 Å². The van der Waals surface area contributed by atoms with Crippen LogP contribution in [0.2, 0.25) is 10.0 Å².